The highest BCUT2D eigenvalue weighted by Gasteiger charge is 2.31. The van der Waals surface area contributed by atoms with E-state index >= 15 is 0 Å². The quantitative estimate of drug-likeness (QED) is 0.889. The molecule has 0 aliphatic carbocycles. The summed E-state index contributed by atoms with van der Waals surface area (Å²) in [6, 6.07) is 2.25. The van der Waals surface area contributed by atoms with Gasteiger partial charge in [-0.25, -0.2) is 0 Å². The molecule has 0 saturated heterocycles. The molecule has 2 N–H and O–H groups in total. The fourth-order valence-corrected chi connectivity index (χ4v) is 1.89. The zero-order chi connectivity index (χ0) is 13.2. The first kappa shape index (κ1) is 13.8. The van der Waals surface area contributed by atoms with Gasteiger partial charge < -0.3 is 10.5 Å². The molecule has 5 heteroatoms. The average molecular weight is 247 g/mol. The van der Waals surface area contributed by atoms with Gasteiger partial charge in [0.25, 0.3) is 0 Å². The number of hydrogen-bond donors (Lipinski definition) is 1. The molecule has 1 rings (SSSR count). The van der Waals surface area contributed by atoms with Crippen molar-refractivity contribution in [3.63, 3.8) is 0 Å². The van der Waals surface area contributed by atoms with E-state index in [4.69, 9.17) is 10.5 Å². The van der Waals surface area contributed by atoms with Crippen molar-refractivity contribution in [3.8, 4) is 5.75 Å². The summed E-state index contributed by atoms with van der Waals surface area (Å²) >= 11 is 0. The molecule has 96 valence electrons. The number of rotatable bonds is 3. The van der Waals surface area contributed by atoms with E-state index in [2.05, 4.69) is 0 Å². The van der Waals surface area contributed by atoms with Gasteiger partial charge in [0.1, 0.15) is 5.75 Å². The highest BCUT2D eigenvalue weighted by Crippen LogP contribution is 2.31. The van der Waals surface area contributed by atoms with E-state index in [-0.39, 0.29) is 0 Å². The lowest BCUT2D eigenvalue weighted by molar-refractivity contribution is -0.138. The van der Waals surface area contributed by atoms with Crippen molar-refractivity contribution in [2.24, 2.45) is 5.73 Å². The molecule has 0 spiro atoms. The summed E-state index contributed by atoms with van der Waals surface area (Å²) in [6.45, 7) is 3.57. The summed E-state index contributed by atoms with van der Waals surface area (Å²) < 4.78 is 41.8. The summed E-state index contributed by atoms with van der Waals surface area (Å²) in [7, 11) is 1.53. The zero-order valence-corrected chi connectivity index (χ0v) is 10.1. The Morgan fingerprint density at radius 1 is 1.24 bits per heavy atom. The van der Waals surface area contributed by atoms with Crippen LogP contribution in [0.3, 0.4) is 0 Å². The van der Waals surface area contributed by atoms with Crippen molar-refractivity contribution in [2.75, 3.05) is 7.11 Å². The predicted molar refractivity (Wildman–Crippen MR) is 60.1 cm³/mol. The molecule has 0 aliphatic rings. The zero-order valence-electron chi connectivity index (χ0n) is 10.1. The van der Waals surface area contributed by atoms with E-state index < -0.39 is 18.6 Å². The number of hydrogen-bond acceptors (Lipinski definition) is 2. The lowest BCUT2D eigenvalue weighted by Crippen LogP contribution is -2.20. The Morgan fingerprint density at radius 3 is 2.06 bits per heavy atom. The number of methoxy groups -OCH3 is 1. The highest BCUT2D eigenvalue weighted by atomic mass is 19.4. The van der Waals surface area contributed by atoms with Crippen LogP contribution in [0.15, 0.2) is 12.1 Å². The molecular formula is C12H16F3NO. The van der Waals surface area contributed by atoms with E-state index in [1.807, 2.05) is 0 Å². The van der Waals surface area contributed by atoms with Crippen LogP contribution in [0.25, 0.3) is 0 Å². The van der Waals surface area contributed by atoms with Gasteiger partial charge in [0.05, 0.1) is 13.5 Å². The molecule has 1 atom stereocenters. The summed E-state index contributed by atoms with van der Waals surface area (Å²) in [5.41, 5.74) is 7.62. The molecule has 1 aromatic carbocycles. The molecule has 1 aromatic rings. The van der Waals surface area contributed by atoms with E-state index in [0.29, 0.717) is 11.3 Å². The molecule has 0 aliphatic heterocycles. The van der Waals surface area contributed by atoms with Gasteiger partial charge in [-0.3, -0.25) is 0 Å². The van der Waals surface area contributed by atoms with Gasteiger partial charge in [0.2, 0.25) is 0 Å². The third-order valence-electron chi connectivity index (χ3n) is 2.57. The first-order valence-corrected chi connectivity index (χ1v) is 5.22. The Hall–Kier alpha value is -1.23. The second-order valence-corrected chi connectivity index (χ2v) is 4.11. The third kappa shape index (κ3) is 3.63. The van der Waals surface area contributed by atoms with Crippen molar-refractivity contribution in [3.05, 3.63) is 28.8 Å². The standard InChI is InChI=1S/C12H16F3NO/c1-7-4-9(5-8(2)11(7)17-3)10(16)6-12(13,14)15/h4-5,10H,6,16H2,1-3H3. The molecule has 0 bridgehead atoms. The summed E-state index contributed by atoms with van der Waals surface area (Å²) in [6.07, 6.45) is -5.26. The second kappa shape index (κ2) is 4.96. The van der Waals surface area contributed by atoms with Gasteiger partial charge in [-0.15, -0.1) is 0 Å². The maximum absolute atomic E-state index is 12.2. The molecule has 0 heterocycles. The SMILES string of the molecule is COc1c(C)cc(C(N)CC(F)(F)F)cc1C. The van der Waals surface area contributed by atoms with E-state index in [1.165, 1.54) is 7.11 Å². The van der Waals surface area contributed by atoms with Crippen molar-refractivity contribution in [2.45, 2.75) is 32.5 Å². The topological polar surface area (TPSA) is 35.2 Å². The first-order valence-electron chi connectivity index (χ1n) is 5.22. The average Bonchev–Trinajstić information content (AvgIpc) is 2.14. The monoisotopic (exact) mass is 247 g/mol. The maximum atomic E-state index is 12.2. The van der Waals surface area contributed by atoms with E-state index in [1.54, 1.807) is 26.0 Å². The van der Waals surface area contributed by atoms with Crippen LogP contribution in [0.4, 0.5) is 13.2 Å². The van der Waals surface area contributed by atoms with Crippen LogP contribution < -0.4 is 10.5 Å². The Bertz CT molecular complexity index is 378. The molecule has 17 heavy (non-hydrogen) atoms. The minimum atomic E-state index is -4.25. The van der Waals surface area contributed by atoms with Crippen LogP contribution >= 0.6 is 0 Å². The number of nitrogens with two attached hydrogens (primary N) is 1. The highest BCUT2D eigenvalue weighted by molar-refractivity contribution is 5.44. The molecular weight excluding hydrogens is 231 g/mol. The molecule has 0 saturated carbocycles. The van der Waals surface area contributed by atoms with Crippen molar-refractivity contribution in [1.82, 2.24) is 0 Å². The second-order valence-electron chi connectivity index (χ2n) is 4.11. The first-order chi connectivity index (χ1) is 7.74. The largest absolute Gasteiger partial charge is 0.496 e. The lowest BCUT2D eigenvalue weighted by Gasteiger charge is -2.17. The number of benzene rings is 1. The Balaban J connectivity index is 3.00. The van der Waals surface area contributed by atoms with Crippen LogP contribution in [0.1, 0.15) is 29.2 Å². The fraction of sp³-hybridized carbons (Fsp3) is 0.500. The molecule has 1 unspecified atom stereocenters. The maximum Gasteiger partial charge on any atom is 0.390 e. The molecule has 0 radical (unpaired) electrons. The fourth-order valence-electron chi connectivity index (χ4n) is 1.89. The minimum absolute atomic E-state index is 0.484. The van der Waals surface area contributed by atoms with Crippen LogP contribution in [0, 0.1) is 13.8 Å². The van der Waals surface area contributed by atoms with Crippen LogP contribution in [0.5, 0.6) is 5.75 Å². The molecule has 2 nitrogen and oxygen atoms in total. The van der Waals surface area contributed by atoms with E-state index in [0.717, 1.165) is 11.1 Å². The third-order valence-corrected chi connectivity index (χ3v) is 2.57. The molecule has 0 fully saturated rings. The van der Waals surface area contributed by atoms with Crippen LogP contribution in [-0.4, -0.2) is 13.3 Å². The number of halogens is 3. The van der Waals surface area contributed by atoms with Gasteiger partial charge in [0, 0.05) is 6.04 Å². The summed E-state index contributed by atoms with van der Waals surface area (Å²) in [4.78, 5) is 0. The Kier molecular flexibility index (Phi) is 4.03. The van der Waals surface area contributed by atoms with Gasteiger partial charge >= 0.3 is 6.18 Å². The van der Waals surface area contributed by atoms with Crippen molar-refractivity contribution >= 4 is 0 Å². The number of alkyl halides is 3. The molecule has 0 aromatic heterocycles. The smallest absolute Gasteiger partial charge is 0.390 e. The van der Waals surface area contributed by atoms with E-state index in [9.17, 15) is 13.2 Å². The Labute approximate surface area is 98.6 Å². The van der Waals surface area contributed by atoms with Crippen LogP contribution in [0.2, 0.25) is 0 Å². The van der Waals surface area contributed by atoms with Crippen molar-refractivity contribution < 1.29 is 17.9 Å². The normalized spacial score (nSPS) is 13.6. The summed E-state index contributed by atoms with van der Waals surface area (Å²) in [5, 5.41) is 0. The van der Waals surface area contributed by atoms with Crippen molar-refractivity contribution in [1.29, 1.82) is 0 Å². The Morgan fingerprint density at radius 2 is 1.71 bits per heavy atom. The van der Waals surface area contributed by atoms with Gasteiger partial charge in [-0.1, -0.05) is 12.1 Å². The number of ether oxygens (including phenoxy) is 1. The van der Waals surface area contributed by atoms with Gasteiger partial charge in [0.15, 0.2) is 0 Å². The molecule has 0 amide bonds. The van der Waals surface area contributed by atoms with Gasteiger partial charge in [-0.2, -0.15) is 13.2 Å². The lowest BCUT2D eigenvalue weighted by atomic mass is 9.98. The number of aryl methyl sites for hydroxylation is 2. The van der Waals surface area contributed by atoms with Gasteiger partial charge in [-0.05, 0) is 30.5 Å². The minimum Gasteiger partial charge on any atom is -0.496 e. The van der Waals surface area contributed by atoms with Crippen LogP contribution in [-0.2, 0) is 0 Å². The summed E-state index contributed by atoms with van der Waals surface area (Å²) in [5.74, 6) is 0.688. The predicted octanol–water partition coefficient (Wildman–Crippen LogP) is 3.26.